The van der Waals surface area contributed by atoms with Crippen molar-refractivity contribution in [2.24, 2.45) is 0 Å². The molecule has 2 aromatic rings. The second kappa shape index (κ2) is 20.4. The second-order valence-corrected chi connectivity index (χ2v) is 7.81. The zero-order chi connectivity index (χ0) is 27.4. The van der Waals surface area contributed by atoms with Gasteiger partial charge in [-0.15, -0.1) is 0 Å². The quantitative estimate of drug-likeness (QED) is 0.286. The van der Waals surface area contributed by atoms with Gasteiger partial charge in [0, 0.05) is 11.1 Å². The molecule has 0 bridgehead atoms. The Morgan fingerprint density at radius 1 is 0.857 bits per heavy atom. The van der Waals surface area contributed by atoms with Crippen molar-refractivity contribution in [1.29, 1.82) is 0 Å². The number of rotatable bonds is 7. The number of ketones is 1. The fraction of sp³-hybridized carbons (Fsp3) is 0.364. The summed E-state index contributed by atoms with van der Waals surface area (Å²) >= 11 is 0. The van der Waals surface area contributed by atoms with Crippen LogP contribution in [0, 0.1) is 6.92 Å². The van der Waals surface area contributed by atoms with Gasteiger partial charge in [0.25, 0.3) is 0 Å². The first-order chi connectivity index (χ1) is 16.8. The summed E-state index contributed by atoms with van der Waals surface area (Å²) in [4.78, 5) is 12.7. The van der Waals surface area contributed by atoms with Crippen molar-refractivity contribution in [2.45, 2.75) is 75.2 Å². The fourth-order valence-electron chi connectivity index (χ4n) is 3.13. The van der Waals surface area contributed by atoms with Gasteiger partial charge in [0.15, 0.2) is 5.78 Å². The Labute approximate surface area is 215 Å². The van der Waals surface area contributed by atoms with Crippen LogP contribution >= 0.6 is 0 Å². The van der Waals surface area contributed by atoms with Gasteiger partial charge in [-0.1, -0.05) is 119 Å². The van der Waals surface area contributed by atoms with Crippen molar-refractivity contribution in [3.63, 3.8) is 0 Å². The molecule has 0 aromatic heterocycles. The van der Waals surface area contributed by atoms with Crippen LogP contribution < -0.4 is 0 Å². The molecule has 0 aliphatic heterocycles. The molecule has 0 unspecified atom stereocenters. The minimum Gasteiger partial charge on any atom is -0.294 e. The number of carbonyl (C=O) groups excluding carboxylic acids is 1. The molecule has 2 heteroatoms. The van der Waals surface area contributed by atoms with Gasteiger partial charge in [-0.3, -0.25) is 9.18 Å². The number of unbranched alkanes of at least 4 members (excludes halogenated alkanes) is 1. The molecule has 192 valence electrons. The Kier molecular flexibility index (Phi) is 19.9. The molecule has 0 radical (unpaired) electrons. The van der Waals surface area contributed by atoms with E-state index in [2.05, 4.69) is 52.5 Å². The summed E-state index contributed by atoms with van der Waals surface area (Å²) in [5.41, 5.74) is 7.84. The second-order valence-electron chi connectivity index (χ2n) is 7.81. The zero-order valence-electron chi connectivity index (χ0n) is 23.8. The van der Waals surface area contributed by atoms with Crippen LogP contribution in [0.15, 0.2) is 95.6 Å². The van der Waals surface area contributed by atoms with Crippen LogP contribution in [0.1, 0.15) is 84.9 Å². The maximum absolute atomic E-state index is 12.7. The van der Waals surface area contributed by atoms with Crippen molar-refractivity contribution in [2.75, 3.05) is 7.18 Å². The number of benzene rings is 2. The first kappa shape index (κ1) is 34.2. The molecular weight excluding hydrogens is 431 g/mol. The summed E-state index contributed by atoms with van der Waals surface area (Å²) < 4.78 is 9.50. The highest BCUT2D eigenvalue weighted by Crippen LogP contribution is 2.33. The number of allylic oxidation sites excluding steroid dienone is 6. The van der Waals surface area contributed by atoms with Gasteiger partial charge in [0.05, 0.1) is 7.18 Å². The van der Waals surface area contributed by atoms with Gasteiger partial charge >= 0.3 is 0 Å². The average Bonchev–Trinajstić information content (AvgIpc) is 2.89. The molecule has 1 nitrogen and oxygen atoms in total. The SMILES string of the molecule is C=C(/C=C(C)/C(C)=C/C)/C(C(C)=O)=C(\c1ccccc1)c1ccccc1C.CC.CCCC.CF. The smallest absolute Gasteiger partial charge is 0.161 e. The molecule has 0 saturated heterocycles. The van der Waals surface area contributed by atoms with Crippen LogP contribution in [0.2, 0.25) is 0 Å². The standard InChI is InChI=1S/C26H28O.C4H10.C2H6.CH3F/c1-7-18(2)20(4)17-21(5)25(22(6)27)26(23-14-9-8-10-15-23)24-16-12-11-13-19(24)3;1-3-4-2;2*1-2/h7-17H,5H2,1-4,6H3;3-4H2,1-2H3;1-2H3;1H3/b18-7+,20-17+,26-25-;;;. The lowest BCUT2D eigenvalue weighted by molar-refractivity contribution is -0.113. The molecule has 35 heavy (non-hydrogen) atoms. The van der Waals surface area contributed by atoms with Crippen LogP contribution in [0.5, 0.6) is 0 Å². The molecule has 0 atom stereocenters. The van der Waals surface area contributed by atoms with E-state index in [0.29, 0.717) is 12.8 Å². The summed E-state index contributed by atoms with van der Waals surface area (Å²) in [7, 11) is 0.500. The number of carbonyl (C=O) groups is 1. The maximum Gasteiger partial charge on any atom is 0.161 e. The molecule has 0 fully saturated rings. The Bertz CT molecular complexity index is 973. The van der Waals surface area contributed by atoms with Crippen molar-refractivity contribution < 1.29 is 9.18 Å². The van der Waals surface area contributed by atoms with Crippen molar-refractivity contribution in [3.05, 3.63) is 112 Å². The zero-order valence-corrected chi connectivity index (χ0v) is 23.8. The van der Waals surface area contributed by atoms with E-state index in [4.69, 9.17) is 0 Å². The van der Waals surface area contributed by atoms with E-state index in [1.54, 1.807) is 6.92 Å². The lowest BCUT2D eigenvalue weighted by Crippen LogP contribution is -2.06. The monoisotopic (exact) mass is 478 g/mol. The van der Waals surface area contributed by atoms with Crippen molar-refractivity contribution in [1.82, 2.24) is 0 Å². The number of hydrogen-bond acceptors (Lipinski definition) is 1. The molecule has 2 aromatic carbocycles. The molecular formula is C33H47FO. The van der Waals surface area contributed by atoms with Crippen LogP contribution in [0.3, 0.4) is 0 Å². The third-order valence-electron chi connectivity index (χ3n) is 5.35. The van der Waals surface area contributed by atoms with E-state index in [1.807, 2.05) is 76.2 Å². The van der Waals surface area contributed by atoms with Gasteiger partial charge in [0.1, 0.15) is 0 Å². The summed E-state index contributed by atoms with van der Waals surface area (Å²) in [5.74, 6) is 0.0179. The molecule has 0 saturated carbocycles. The Balaban J connectivity index is 0. The van der Waals surface area contributed by atoms with Gasteiger partial charge in [0.2, 0.25) is 0 Å². The molecule has 0 amide bonds. The Morgan fingerprint density at radius 2 is 1.34 bits per heavy atom. The average molecular weight is 479 g/mol. The van der Waals surface area contributed by atoms with Gasteiger partial charge in [-0.05, 0) is 62.5 Å². The predicted octanol–water partition coefficient (Wildman–Crippen LogP) is 10.3. The number of aryl methyl sites for hydroxylation is 1. The topological polar surface area (TPSA) is 17.1 Å². The molecule has 2 rings (SSSR count). The minimum atomic E-state index is 0.0179. The van der Waals surface area contributed by atoms with Crippen LogP contribution in [-0.4, -0.2) is 13.0 Å². The van der Waals surface area contributed by atoms with Crippen LogP contribution in [0.4, 0.5) is 4.39 Å². The third kappa shape index (κ3) is 11.8. The summed E-state index contributed by atoms with van der Waals surface area (Å²) in [6.45, 7) is 22.4. The molecule has 0 N–H and O–H groups in total. The first-order valence-electron chi connectivity index (χ1n) is 12.5. The van der Waals surface area contributed by atoms with Gasteiger partial charge in [-0.25, -0.2) is 0 Å². The van der Waals surface area contributed by atoms with Crippen molar-refractivity contribution in [3.8, 4) is 0 Å². The van der Waals surface area contributed by atoms with Gasteiger partial charge < -0.3 is 0 Å². The third-order valence-corrected chi connectivity index (χ3v) is 5.35. The van der Waals surface area contributed by atoms with E-state index >= 15 is 0 Å². The Morgan fingerprint density at radius 3 is 1.77 bits per heavy atom. The number of Topliss-reactive ketones (excluding diaryl/α,β-unsaturated/α-hetero) is 1. The first-order valence-corrected chi connectivity index (χ1v) is 12.5. The van der Waals surface area contributed by atoms with E-state index in [9.17, 15) is 9.18 Å². The molecule has 0 aliphatic carbocycles. The maximum atomic E-state index is 12.7. The van der Waals surface area contributed by atoms with E-state index in [0.717, 1.165) is 33.4 Å². The minimum absolute atomic E-state index is 0.0179. The molecule has 0 heterocycles. The van der Waals surface area contributed by atoms with E-state index < -0.39 is 0 Å². The fourth-order valence-corrected chi connectivity index (χ4v) is 3.13. The summed E-state index contributed by atoms with van der Waals surface area (Å²) in [6.07, 6.45) is 6.71. The Hall–Kier alpha value is -3.00. The predicted molar refractivity (Wildman–Crippen MR) is 156 cm³/mol. The van der Waals surface area contributed by atoms with Gasteiger partial charge in [-0.2, -0.15) is 0 Å². The molecule has 0 spiro atoms. The lowest BCUT2D eigenvalue weighted by atomic mass is 9.85. The highest BCUT2D eigenvalue weighted by molar-refractivity contribution is 6.09. The number of hydrogen-bond donors (Lipinski definition) is 0. The molecule has 0 aliphatic rings. The van der Waals surface area contributed by atoms with Crippen LogP contribution in [-0.2, 0) is 4.79 Å². The number of halogens is 1. The highest BCUT2D eigenvalue weighted by Gasteiger charge is 2.18. The normalized spacial score (nSPS) is 11.4. The lowest BCUT2D eigenvalue weighted by Gasteiger charge is -2.17. The van der Waals surface area contributed by atoms with E-state index in [-0.39, 0.29) is 5.78 Å². The van der Waals surface area contributed by atoms with Crippen LogP contribution in [0.25, 0.3) is 5.57 Å². The van der Waals surface area contributed by atoms with Crippen molar-refractivity contribution >= 4 is 11.4 Å². The highest BCUT2D eigenvalue weighted by atomic mass is 19.1. The summed E-state index contributed by atoms with van der Waals surface area (Å²) in [5, 5.41) is 0. The largest absolute Gasteiger partial charge is 0.294 e. The summed E-state index contributed by atoms with van der Waals surface area (Å²) in [6, 6.07) is 18.3. The van der Waals surface area contributed by atoms with E-state index in [1.165, 1.54) is 18.4 Å². The number of alkyl halides is 1.